The SMILES string of the molecule is CC(C)N(C)[C@@H]1CC[C@H](N2CC[C@H](N(O)C(=O)c3cccc(C(F)(F)F)c3)C2=O)[C@H](CS(=O)(=O)c2ccccc2)C1. The second-order valence-corrected chi connectivity index (χ2v) is 13.2. The molecule has 1 aliphatic carbocycles. The van der Waals surface area contributed by atoms with Crippen LogP contribution in [0.25, 0.3) is 0 Å². The van der Waals surface area contributed by atoms with Crippen molar-refractivity contribution in [2.45, 2.75) is 74.8 Å². The number of alkyl halides is 3. The van der Waals surface area contributed by atoms with Crippen molar-refractivity contribution >= 4 is 21.7 Å². The van der Waals surface area contributed by atoms with Crippen LogP contribution >= 0.6 is 0 Å². The number of hydrogen-bond donors (Lipinski definition) is 1. The Labute approximate surface area is 238 Å². The van der Waals surface area contributed by atoms with E-state index in [0.29, 0.717) is 18.9 Å². The zero-order chi connectivity index (χ0) is 30.1. The molecule has 0 spiro atoms. The third kappa shape index (κ3) is 6.76. The maximum Gasteiger partial charge on any atom is 0.416 e. The zero-order valence-electron chi connectivity index (χ0n) is 23.3. The minimum atomic E-state index is -4.67. The van der Waals surface area contributed by atoms with Gasteiger partial charge in [-0.3, -0.25) is 14.8 Å². The normalized spacial score (nSPS) is 23.8. The van der Waals surface area contributed by atoms with E-state index in [1.54, 1.807) is 35.2 Å². The zero-order valence-corrected chi connectivity index (χ0v) is 24.1. The van der Waals surface area contributed by atoms with Crippen LogP contribution < -0.4 is 0 Å². The van der Waals surface area contributed by atoms with Gasteiger partial charge in [-0.1, -0.05) is 24.3 Å². The smallest absolute Gasteiger partial charge is 0.337 e. The largest absolute Gasteiger partial charge is 0.416 e. The number of rotatable bonds is 8. The monoisotopic (exact) mass is 595 g/mol. The Hall–Kier alpha value is -2.96. The molecule has 12 heteroatoms. The lowest BCUT2D eigenvalue weighted by Gasteiger charge is -2.44. The fourth-order valence-corrected chi connectivity index (χ4v) is 7.64. The third-order valence-corrected chi connectivity index (χ3v) is 10.3. The quantitative estimate of drug-likeness (QED) is 0.357. The Morgan fingerprint density at radius 2 is 1.76 bits per heavy atom. The number of amides is 2. The molecule has 1 N–H and O–H groups in total. The molecule has 0 radical (unpaired) electrons. The summed E-state index contributed by atoms with van der Waals surface area (Å²) in [7, 11) is -1.67. The molecule has 1 saturated heterocycles. The predicted octanol–water partition coefficient (Wildman–Crippen LogP) is 4.49. The van der Waals surface area contributed by atoms with Crippen molar-refractivity contribution in [3.63, 3.8) is 0 Å². The van der Waals surface area contributed by atoms with Crippen molar-refractivity contribution < 1.29 is 36.4 Å². The summed E-state index contributed by atoms with van der Waals surface area (Å²) in [5.74, 6) is -2.21. The highest BCUT2D eigenvalue weighted by atomic mass is 32.2. The summed E-state index contributed by atoms with van der Waals surface area (Å²) in [4.78, 5) is 30.4. The van der Waals surface area contributed by atoms with Crippen molar-refractivity contribution in [2.75, 3.05) is 19.3 Å². The molecule has 0 aromatic heterocycles. The van der Waals surface area contributed by atoms with Crippen molar-refractivity contribution in [1.29, 1.82) is 0 Å². The van der Waals surface area contributed by atoms with Gasteiger partial charge in [-0.15, -0.1) is 0 Å². The molecule has 2 aliphatic rings. The molecule has 8 nitrogen and oxygen atoms in total. The van der Waals surface area contributed by atoms with E-state index >= 15 is 0 Å². The number of carbonyl (C=O) groups excluding carboxylic acids is 2. The molecule has 2 aromatic carbocycles. The minimum Gasteiger partial charge on any atom is -0.337 e. The van der Waals surface area contributed by atoms with Gasteiger partial charge in [-0.2, -0.15) is 13.2 Å². The fourth-order valence-electron chi connectivity index (χ4n) is 5.96. The first-order valence-corrected chi connectivity index (χ1v) is 15.4. The van der Waals surface area contributed by atoms with E-state index in [1.807, 2.05) is 7.05 Å². The number of carbonyl (C=O) groups is 2. The number of halogens is 3. The first-order chi connectivity index (χ1) is 19.2. The molecule has 2 amide bonds. The highest BCUT2D eigenvalue weighted by Crippen LogP contribution is 2.36. The Bertz CT molecular complexity index is 1350. The fraction of sp³-hybridized carbons (Fsp3) is 0.517. The average molecular weight is 596 g/mol. The Morgan fingerprint density at radius 3 is 2.39 bits per heavy atom. The van der Waals surface area contributed by atoms with Crippen molar-refractivity contribution in [2.24, 2.45) is 5.92 Å². The number of benzene rings is 2. The van der Waals surface area contributed by atoms with E-state index in [1.165, 1.54) is 0 Å². The van der Waals surface area contributed by atoms with Crippen LogP contribution in [0.2, 0.25) is 0 Å². The highest BCUT2D eigenvalue weighted by Gasteiger charge is 2.46. The molecule has 1 saturated carbocycles. The van der Waals surface area contributed by atoms with E-state index < -0.39 is 57.0 Å². The van der Waals surface area contributed by atoms with Crippen LogP contribution in [-0.4, -0.2) is 83.8 Å². The summed E-state index contributed by atoms with van der Waals surface area (Å²) in [5, 5.41) is 10.9. The molecule has 0 unspecified atom stereocenters. The number of hydrogen-bond acceptors (Lipinski definition) is 6. The predicted molar refractivity (Wildman–Crippen MR) is 146 cm³/mol. The molecule has 1 aliphatic heterocycles. The van der Waals surface area contributed by atoms with Crippen LogP contribution in [0.5, 0.6) is 0 Å². The van der Waals surface area contributed by atoms with E-state index in [-0.39, 0.29) is 40.8 Å². The molecule has 4 atom stereocenters. The molecule has 2 aromatic rings. The van der Waals surface area contributed by atoms with Gasteiger partial charge in [0, 0.05) is 30.2 Å². The molecule has 224 valence electrons. The molecular formula is C29H36F3N3O5S. The average Bonchev–Trinajstić information content (AvgIpc) is 3.32. The molecule has 4 rings (SSSR count). The Morgan fingerprint density at radius 1 is 1.07 bits per heavy atom. The van der Waals surface area contributed by atoms with Crippen molar-refractivity contribution in [3.05, 3.63) is 65.7 Å². The second-order valence-electron chi connectivity index (χ2n) is 11.2. The van der Waals surface area contributed by atoms with Crippen molar-refractivity contribution in [3.8, 4) is 0 Å². The summed E-state index contributed by atoms with van der Waals surface area (Å²) in [6, 6.07) is 10.5. The van der Waals surface area contributed by atoms with Gasteiger partial charge in [0.25, 0.3) is 5.91 Å². The maximum atomic E-state index is 13.5. The summed E-state index contributed by atoms with van der Waals surface area (Å²) >= 11 is 0. The lowest BCUT2D eigenvalue weighted by molar-refractivity contribution is -0.147. The van der Waals surface area contributed by atoms with Crippen LogP contribution in [0.1, 0.15) is 55.5 Å². The summed E-state index contributed by atoms with van der Waals surface area (Å²) in [6.07, 6.45) is -2.77. The molecule has 0 bridgehead atoms. The van der Waals surface area contributed by atoms with Gasteiger partial charge in [0.15, 0.2) is 9.84 Å². The number of hydroxylamine groups is 2. The third-order valence-electron chi connectivity index (χ3n) is 8.39. The van der Waals surface area contributed by atoms with E-state index in [9.17, 15) is 36.4 Å². The first-order valence-electron chi connectivity index (χ1n) is 13.7. The van der Waals surface area contributed by atoms with E-state index in [2.05, 4.69) is 18.7 Å². The topological polar surface area (TPSA) is 98.2 Å². The first kappa shape index (κ1) is 31.0. The van der Waals surface area contributed by atoms with Crippen molar-refractivity contribution in [1.82, 2.24) is 14.9 Å². The molecule has 41 heavy (non-hydrogen) atoms. The van der Waals surface area contributed by atoms with Gasteiger partial charge in [-0.05, 0) is 82.8 Å². The van der Waals surface area contributed by atoms with Crippen LogP contribution in [0.15, 0.2) is 59.5 Å². The minimum absolute atomic E-state index is 0.0734. The Balaban J connectivity index is 1.55. The lowest BCUT2D eigenvalue weighted by atomic mass is 9.81. The molecule has 1 heterocycles. The van der Waals surface area contributed by atoms with E-state index in [0.717, 1.165) is 24.6 Å². The van der Waals surface area contributed by atoms with Gasteiger partial charge in [0.1, 0.15) is 6.04 Å². The summed E-state index contributed by atoms with van der Waals surface area (Å²) < 4.78 is 66.2. The number of likely N-dealkylation sites (tertiary alicyclic amines) is 1. The maximum absolute atomic E-state index is 13.5. The second kappa shape index (κ2) is 12.1. The number of sulfone groups is 1. The van der Waals surface area contributed by atoms with Gasteiger partial charge >= 0.3 is 6.18 Å². The Kier molecular flexibility index (Phi) is 9.15. The summed E-state index contributed by atoms with van der Waals surface area (Å²) in [6.45, 7) is 4.31. The number of nitrogens with zero attached hydrogens (tertiary/aromatic N) is 3. The molecule has 2 fully saturated rings. The van der Waals surface area contributed by atoms with Crippen LogP contribution in [0.3, 0.4) is 0 Å². The van der Waals surface area contributed by atoms with Gasteiger partial charge in [0.2, 0.25) is 5.91 Å². The molecular weight excluding hydrogens is 559 g/mol. The van der Waals surface area contributed by atoms with Crippen LogP contribution in [0, 0.1) is 5.92 Å². The summed E-state index contributed by atoms with van der Waals surface area (Å²) in [5.41, 5.74) is -1.43. The van der Waals surface area contributed by atoms with Gasteiger partial charge in [0.05, 0.1) is 16.2 Å². The lowest BCUT2D eigenvalue weighted by Crippen LogP contribution is -2.53. The van der Waals surface area contributed by atoms with Gasteiger partial charge < -0.3 is 9.80 Å². The highest BCUT2D eigenvalue weighted by molar-refractivity contribution is 7.91. The standard InChI is InChI=1S/C29H36F3N3O5S/c1-19(2)33(3)23-12-13-25(21(17-23)18-41(39,40)24-10-5-4-6-11-24)34-15-14-26(28(34)37)35(38)27(36)20-8-7-9-22(16-20)29(30,31)32/h4-11,16,19,21,23,25-26,38H,12-15,17-18H2,1-3H3/t21-,23+,25-,26-/m0/s1. The van der Waals surface area contributed by atoms with E-state index in [4.69, 9.17) is 0 Å². The van der Waals surface area contributed by atoms with Gasteiger partial charge in [-0.25, -0.2) is 13.5 Å². The van der Waals surface area contributed by atoms with Crippen LogP contribution in [0.4, 0.5) is 13.2 Å². The van der Waals surface area contributed by atoms with Crippen LogP contribution in [-0.2, 0) is 20.8 Å².